The zero-order valence-electron chi connectivity index (χ0n) is 7.09. The maximum Gasteiger partial charge on any atom is 0.166 e. The molecule has 1 heterocycles. The molecule has 3 nitrogen and oxygen atoms in total. The minimum absolute atomic E-state index is 0.157. The molecular formula is C8H10BrFN2O. The van der Waals surface area contributed by atoms with E-state index >= 15 is 0 Å². The van der Waals surface area contributed by atoms with E-state index in [0.29, 0.717) is 4.47 Å². The molecule has 5 heteroatoms. The molecule has 72 valence electrons. The van der Waals surface area contributed by atoms with Gasteiger partial charge >= 0.3 is 0 Å². The molecule has 1 unspecified atom stereocenters. The Morgan fingerprint density at radius 3 is 3.00 bits per heavy atom. The second-order valence-electron chi connectivity index (χ2n) is 2.71. The molecule has 0 aliphatic heterocycles. The lowest BCUT2D eigenvalue weighted by Gasteiger charge is -2.07. The lowest BCUT2D eigenvalue weighted by Crippen LogP contribution is -2.16. The maximum atomic E-state index is 13.1. The van der Waals surface area contributed by atoms with E-state index in [1.54, 1.807) is 6.92 Å². The first-order valence-corrected chi connectivity index (χ1v) is 4.62. The maximum absolute atomic E-state index is 13.1. The highest BCUT2D eigenvalue weighted by molar-refractivity contribution is 9.10. The smallest absolute Gasteiger partial charge is 0.166 e. The van der Waals surface area contributed by atoms with Gasteiger partial charge in [-0.05, 0) is 28.9 Å². The molecule has 1 aromatic heterocycles. The molecule has 1 rings (SSSR count). The molecule has 13 heavy (non-hydrogen) atoms. The number of aliphatic hydroxyl groups excluding tert-OH is 1. The molecule has 1 atom stereocenters. The molecular weight excluding hydrogens is 239 g/mol. The number of nitrogens with one attached hydrogen (secondary N) is 1. The number of hydrogen-bond donors (Lipinski definition) is 2. The molecule has 0 aliphatic rings. The largest absolute Gasteiger partial charge is 0.392 e. The van der Waals surface area contributed by atoms with Crippen LogP contribution in [-0.4, -0.2) is 22.7 Å². The van der Waals surface area contributed by atoms with Crippen LogP contribution in [0.4, 0.5) is 10.2 Å². The van der Waals surface area contributed by atoms with Gasteiger partial charge in [0.2, 0.25) is 0 Å². The van der Waals surface area contributed by atoms with Crippen molar-refractivity contribution in [2.75, 3.05) is 11.9 Å². The lowest BCUT2D eigenvalue weighted by atomic mass is 10.4. The van der Waals surface area contributed by atoms with Crippen molar-refractivity contribution in [1.29, 1.82) is 0 Å². The van der Waals surface area contributed by atoms with Crippen LogP contribution in [0.3, 0.4) is 0 Å². The van der Waals surface area contributed by atoms with Gasteiger partial charge in [0, 0.05) is 17.2 Å². The van der Waals surface area contributed by atoms with Crippen molar-refractivity contribution in [1.82, 2.24) is 4.98 Å². The Morgan fingerprint density at radius 2 is 2.46 bits per heavy atom. The fraction of sp³-hybridized carbons (Fsp3) is 0.375. The number of pyridine rings is 1. The highest BCUT2D eigenvalue weighted by Gasteiger charge is 2.04. The van der Waals surface area contributed by atoms with Crippen molar-refractivity contribution in [3.05, 3.63) is 22.6 Å². The normalized spacial score (nSPS) is 12.6. The van der Waals surface area contributed by atoms with E-state index in [1.165, 1.54) is 12.3 Å². The molecule has 0 aromatic carbocycles. The van der Waals surface area contributed by atoms with Gasteiger partial charge in [0.25, 0.3) is 0 Å². The fourth-order valence-corrected chi connectivity index (χ4v) is 1.09. The van der Waals surface area contributed by atoms with Gasteiger partial charge in [0.05, 0.1) is 6.10 Å². The van der Waals surface area contributed by atoms with Gasteiger partial charge in [-0.2, -0.15) is 0 Å². The number of aromatic nitrogens is 1. The predicted octanol–water partition coefficient (Wildman–Crippen LogP) is 1.78. The monoisotopic (exact) mass is 248 g/mol. The Labute approximate surface area is 84.1 Å². The molecule has 0 amide bonds. The second kappa shape index (κ2) is 4.53. The van der Waals surface area contributed by atoms with Gasteiger partial charge in [-0.15, -0.1) is 0 Å². The predicted molar refractivity (Wildman–Crippen MR) is 52.1 cm³/mol. The number of hydrogen-bond acceptors (Lipinski definition) is 3. The van der Waals surface area contributed by atoms with Gasteiger partial charge in [0.15, 0.2) is 11.6 Å². The average Bonchev–Trinajstić information content (AvgIpc) is 2.02. The van der Waals surface area contributed by atoms with Crippen LogP contribution in [0.1, 0.15) is 6.92 Å². The van der Waals surface area contributed by atoms with E-state index in [0.717, 1.165) is 0 Å². The molecule has 0 saturated heterocycles. The third-order valence-electron chi connectivity index (χ3n) is 1.37. The third-order valence-corrected chi connectivity index (χ3v) is 1.81. The Bertz CT molecular complexity index is 293. The van der Waals surface area contributed by atoms with Crippen LogP contribution in [0.25, 0.3) is 0 Å². The standard InChI is InChI=1S/C8H10BrFN2O/c1-5(13)3-11-8-7(10)2-6(9)4-12-8/h2,4-5,13H,3H2,1H3,(H,11,12). The van der Waals surface area contributed by atoms with Crippen molar-refractivity contribution in [2.24, 2.45) is 0 Å². The van der Waals surface area contributed by atoms with Crippen LogP contribution >= 0.6 is 15.9 Å². The quantitative estimate of drug-likeness (QED) is 0.858. The van der Waals surface area contributed by atoms with E-state index in [-0.39, 0.29) is 12.4 Å². The number of rotatable bonds is 3. The number of aliphatic hydroxyl groups is 1. The second-order valence-corrected chi connectivity index (χ2v) is 3.63. The minimum atomic E-state index is -0.523. The number of anilines is 1. The number of nitrogens with zero attached hydrogens (tertiary/aromatic N) is 1. The summed E-state index contributed by atoms with van der Waals surface area (Å²) in [4.78, 5) is 3.81. The average molecular weight is 249 g/mol. The van der Waals surface area contributed by atoms with Gasteiger partial charge < -0.3 is 10.4 Å². The molecule has 0 radical (unpaired) electrons. The minimum Gasteiger partial charge on any atom is -0.392 e. The van der Waals surface area contributed by atoms with Crippen LogP contribution in [-0.2, 0) is 0 Å². The van der Waals surface area contributed by atoms with Crippen molar-refractivity contribution < 1.29 is 9.50 Å². The topological polar surface area (TPSA) is 45.1 Å². The van der Waals surface area contributed by atoms with Crippen LogP contribution < -0.4 is 5.32 Å². The molecule has 2 N–H and O–H groups in total. The van der Waals surface area contributed by atoms with Crippen molar-refractivity contribution in [3.63, 3.8) is 0 Å². The molecule has 0 bridgehead atoms. The zero-order valence-corrected chi connectivity index (χ0v) is 8.68. The van der Waals surface area contributed by atoms with Gasteiger partial charge in [-0.1, -0.05) is 0 Å². The van der Waals surface area contributed by atoms with Gasteiger partial charge in [-0.25, -0.2) is 9.37 Å². The summed E-state index contributed by atoms with van der Waals surface area (Å²) in [5, 5.41) is 11.6. The first-order valence-electron chi connectivity index (χ1n) is 3.82. The first-order chi connectivity index (χ1) is 6.09. The Morgan fingerprint density at radius 1 is 1.77 bits per heavy atom. The lowest BCUT2D eigenvalue weighted by molar-refractivity contribution is 0.208. The van der Waals surface area contributed by atoms with Crippen LogP contribution in [0.5, 0.6) is 0 Å². The fourth-order valence-electron chi connectivity index (χ4n) is 0.789. The zero-order chi connectivity index (χ0) is 9.84. The summed E-state index contributed by atoms with van der Waals surface area (Å²) in [7, 11) is 0. The molecule has 0 saturated carbocycles. The van der Waals surface area contributed by atoms with E-state index < -0.39 is 11.9 Å². The van der Waals surface area contributed by atoms with Crippen LogP contribution in [0, 0.1) is 5.82 Å². The summed E-state index contributed by atoms with van der Waals surface area (Å²) in [6, 6.07) is 1.32. The van der Waals surface area contributed by atoms with Crippen LogP contribution in [0.15, 0.2) is 16.7 Å². The van der Waals surface area contributed by atoms with Gasteiger partial charge in [0.1, 0.15) is 0 Å². The van der Waals surface area contributed by atoms with E-state index in [1.807, 2.05) is 0 Å². The summed E-state index contributed by atoms with van der Waals surface area (Å²) in [5.41, 5.74) is 0. The van der Waals surface area contributed by atoms with Crippen molar-refractivity contribution in [2.45, 2.75) is 13.0 Å². The van der Waals surface area contributed by atoms with Crippen molar-refractivity contribution in [3.8, 4) is 0 Å². The molecule has 0 fully saturated rings. The van der Waals surface area contributed by atoms with Crippen molar-refractivity contribution >= 4 is 21.7 Å². The summed E-state index contributed by atoms with van der Waals surface area (Å²) < 4.78 is 13.7. The Hall–Kier alpha value is -0.680. The summed E-state index contributed by atoms with van der Waals surface area (Å²) in [6.45, 7) is 1.90. The SMILES string of the molecule is CC(O)CNc1ncc(Br)cc1F. The van der Waals surface area contributed by atoms with Gasteiger partial charge in [-0.3, -0.25) is 0 Å². The Balaban J connectivity index is 2.67. The molecule has 0 aliphatic carbocycles. The Kier molecular flexibility index (Phi) is 3.62. The summed E-state index contributed by atoms with van der Waals surface area (Å²) >= 11 is 3.10. The molecule has 0 spiro atoms. The number of halogens is 2. The highest BCUT2D eigenvalue weighted by Crippen LogP contribution is 2.15. The highest BCUT2D eigenvalue weighted by atomic mass is 79.9. The summed E-state index contributed by atoms with van der Waals surface area (Å²) in [6.07, 6.45) is 0.970. The summed E-state index contributed by atoms with van der Waals surface area (Å²) in [5.74, 6) is -0.279. The molecule has 1 aromatic rings. The van der Waals surface area contributed by atoms with Crippen LogP contribution in [0.2, 0.25) is 0 Å². The van der Waals surface area contributed by atoms with E-state index in [9.17, 15) is 4.39 Å². The van der Waals surface area contributed by atoms with E-state index in [2.05, 4.69) is 26.2 Å². The third kappa shape index (κ3) is 3.28. The van der Waals surface area contributed by atoms with E-state index in [4.69, 9.17) is 5.11 Å². The first kappa shape index (κ1) is 10.4.